The van der Waals surface area contributed by atoms with Gasteiger partial charge in [0.15, 0.2) is 11.5 Å². The smallest absolute Gasteiger partial charge is 0.165 e. The summed E-state index contributed by atoms with van der Waals surface area (Å²) in [5.41, 5.74) is 1.24. The zero-order chi connectivity index (χ0) is 11.4. The molecule has 0 aliphatic rings. The highest BCUT2D eigenvalue weighted by molar-refractivity contribution is 6.32. The minimum absolute atomic E-state index is 0.395. The number of ether oxygens (including phenoxy) is 2. The fourth-order valence-electron chi connectivity index (χ4n) is 1.49. The van der Waals surface area contributed by atoms with Gasteiger partial charge in [-0.15, -0.1) is 0 Å². The van der Waals surface area contributed by atoms with Gasteiger partial charge in [-0.05, 0) is 6.42 Å². The van der Waals surface area contributed by atoms with Crippen LogP contribution in [0.2, 0.25) is 5.02 Å². The summed E-state index contributed by atoms with van der Waals surface area (Å²) in [6, 6.07) is 3.67. The molecule has 0 N–H and O–H groups in total. The van der Waals surface area contributed by atoms with Crippen LogP contribution in [0.3, 0.4) is 0 Å². The van der Waals surface area contributed by atoms with E-state index in [4.69, 9.17) is 26.3 Å². The molecule has 0 unspecified atom stereocenters. The van der Waals surface area contributed by atoms with Crippen molar-refractivity contribution in [2.24, 2.45) is 0 Å². The molecule has 0 aliphatic heterocycles. The Morgan fingerprint density at radius 3 is 2.47 bits per heavy atom. The monoisotopic (exact) mass is 225 g/mol. The molecule has 0 spiro atoms. The van der Waals surface area contributed by atoms with Crippen molar-refractivity contribution in [3.8, 4) is 17.6 Å². The van der Waals surface area contributed by atoms with Crippen LogP contribution in [0.5, 0.6) is 11.5 Å². The molecule has 80 valence electrons. The first kappa shape index (κ1) is 11.7. The lowest BCUT2D eigenvalue weighted by molar-refractivity contribution is 0.352. The van der Waals surface area contributed by atoms with Gasteiger partial charge in [0.2, 0.25) is 0 Å². The number of hydrogen-bond acceptors (Lipinski definition) is 3. The summed E-state index contributed by atoms with van der Waals surface area (Å²) in [6.45, 7) is 1.94. The summed E-state index contributed by atoms with van der Waals surface area (Å²) in [5.74, 6) is 1.14. The molecule has 0 saturated carbocycles. The van der Waals surface area contributed by atoms with E-state index in [9.17, 15) is 0 Å². The van der Waals surface area contributed by atoms with Gasteiger partial charge in [0, 0.05) is 11.6 Å². The van der Waals surface area contributed by atoms with Crippen LogP contribution in [-0.4, -0.2) is 14.2 Å². The van der Waals surface area contributed by atoms with E-state index in [-0.39, 0.29) is 0 Å². The molecule has 0 amide bonds. The van der Waals surface area contributed by atoms with Gasteiger partial charge >= 0.3 is 0 Å². The maximum Gasteiger partial charge on any atom is 0.165 e. The molecule has 1 aromatic rings. The molecule has 4 heteroatoms. The van der Waals surface area contributed by atoms with Crippen LogP contribution in [0.15, 0.2) is 6.07 Å². The maximum atomic E-state index is 8.98. The summed E-state index contributed by atoms with van der Waals surface area (Å²) in [6.07, 6.45) is 0.670. The molecule has 0 fully saturated rings. The Labute approximate surface area is 94.2 Å². The van der Waals surface area contributed by atoms with Crippen LogP contribution in [-0.2, 0) is 6.42 Å². The molecule has 1 aromatic carbocycles. The van der Waals surface area contributed by atoms with Gasteiger partial charge in [-0.3, -0.25) is 0 Å². The van der Waals surface area contributed by atoms with E-state index in [0.717, 1.165) is 5.56 Å². The fraction of sp³-hybridized carbons (Fsp3) is 0.364. The number of rotatable bonds is 3. The molecule has 0 aromatic heterocycles. The van der Waals surface area contributed by atoms with Crippen LogP contribution >= 0.6 is 11.6 Å². The molecule has 3 nitrogen and oxygen atoms in total. The predicted molar refractivity (Wildman–Crippen MR) is 58.6 cm³/mol. The van der Waals surface area contributed by atoms with Crippen molar-refractivity contribution in [2.75, 3.05) is 14.2 Å². The van der Waals surface area contributed by atoms with Crippen molar-refractivity contribution >= 4 is 11.6 Å². The molecule has 0 saturated heterocycles. The third-order valence-electron chi connectivity index (χ3n) is 2.19. The van der Waals surface area contributed by atoms with E-state index in [1.165, 1.54) is 0 Å². The number of nitrogens with zero attached hydrogens (tertiary/aromatic N) is 1. The lowest BCUT2D eigenvalue weighted by atomic mass is 10.0. The van der Waals surface area contributed by atoms with Crippen molar-refractivity contribution in [2.45, 2.75) is 13.3 Å². The van der Waals surface area contributed by atoms with Crippen LogP contribution < -0.4 is 9.47 Å². The van der Waals surface area contributed by atoms with Crippen molar-refractivity contribution in [1.82, 2.24) is 0 Å². The minimum atomic E-state index is 0.395. The Morgan fingerprint density at radius 2 is 2.07 bits per heavy atom. The van der Waals surface area contributed by atoms with Crippen molar-refractivity contribution in [1.29, 1.82) is 5.26 Å². The lowest BCUT2D eigenvalue weighted by Crippen LogP contribution is -1.99. The van der Waals surface area contributed by atoms with Crippen LogP contribution in [0.4, 0.5) is 0 Å². The number of benzene rings is 1. The van der Waals surface area contributed by atoms with Gasteiger partial charge in [0.05, 0.1) is 24.8 Å². The van der Waals surface area contributed by atoms with E-state index in [0.29, 0.717) is 28.5 Å². The summed E-state index contributed by atoms with van der Waals surface area (Å²) in [5, 5.41) is 9.38. The summed E-state index contributed by atoms with van der Waals surface area (Å²) >= 11 is 5.96. The normalized spacial score (nSPS) is 9.53. The maximum absolute atomic E-state index is 8.98. The van der Waals surface area contributed by atoms with Gasteiger partial charge in [-0.1, -0.05) is 18.5 Å². The molecular formula is C11H12ClNO2. The second kappa shape index (κ2) is 4.90. The topological polar surface area (TPSA) is 42.2 Å². The highest BCUT2D eigenvalue weighted by Gasteiger charge is 2.16. The number of halogens is 1. The second-order valence-corrected chi connectivity index (χ2v) is 3.32. The van der Waals surface area contributed by atoms with Crippen LogP contribution in [0, 0.1) is 11.3 Å². The molecule has 0 atom stereocenters. The van der Waals surface area contributed by atoms with Gasteiger partial charge in [-0.25, -0.2) is 0 Å². The first-order valence-corrected chi connectivity index (χ1v) is 4.90. The van der Waals surface area contributed by atoms with E-state index in [1.807, 2.05) is 6.92 Å². The average molecular weight is 226 g/mol. The number of nitriles is 1. The Morgan fingerprint density at radius 1 is 1.40 bits per heavy atom. The summed E-state index contributed by atoms with van der Waals surface area (Å²) in [7, 11) is 3.09. The third kappa shape index (κ3) is 2.00. The zero-order valence-corrected chi connectivity index (χ0v) is 9.68. The highest BCUT2D eigenvalue weighted by atomic mass is 35.5. The molecular weight excluding hydrogens is 214 g/mol. The van der Waals surface area contributed by atoms with Crippen LogP contribution in [0.1, 0.15) is 18.1 Å². The van der Waals surface area contributed by atoms with Crippen molar-refractivity contribution in [3.05, 3.63) is 22.2 Å². The molecule has 0 bridgehead atoms. The van der Waals surface area contributed by atoms with Gasteiger partial charge in [0.25, 0.3) is 0 Å². The Hall–Kier alpha value is -1.40. The standard InChI is InChI=1S/C11H12ClNO2/c1-4-7-8(6-13)9(12)5-10(14-2)11(7)15-3/h5H,4H2,1-3H3. The fourth-order valence-corrected chi connectivity index (χ4v) is 1.75. The third-order valence-corrected chi connectivity index (χ3v) is 2.48. The number of methoxy groups -OCH3 is 2. The Kier molecular flexibility index (Phi) is 3.81. The minimum Gasteiger partial charge on any atom is -0.493 e. The highest BCUT2D eigenvalue weighted by Crippen LogP contribution is 2.37. The van der Waals surface area contributed by atoms with Gasteiger partial charge in [0.1, 0.15) is 6.07 Å². The van der Waals surface area contributed by atoms with Gasteiger partial charge in [-0.2, -0.15) is 5.26 Å². The second-order valence-electron chi connectivity index (χ2n) is 2.91. The first-order valence-electron chi connectivity index (χ1n) is 4.53. The molecule has 15 heavy (non-hydrogen) atoms. The summed E-state index contributed by atoms with van der Waals surface area (Å²) in [4.78, 5) is 0. The predicted octanol–water partition coefficient (Wildman–Crippen LogP) is 2.79. The molecule has 1 rings (SSSR count). The van der Waals surface area contributed by atoms with Crippen molar-refractivity contribution in [3.63, 3.8) is 0 Å². The summed E-state index contributed by atoms with van der Waals surface area (Å²) < 4.78 is 10.4. The van der Waals surface area contributed by atoms with Gasteiger partial charge < -0.3 is 9.47 Å². The van der Waals surface area contributed by atoms with E-state index in [2.05, 4.69) is 6.07 Å². The molecule has 0 heterocycles. The largest absolute Gasteiger partial charge is 0.493 e. The van der Waals surface area contributed by atoms with E-state index in [1.54, 1.807) is 20.3 Å². The quantitative estimate of drug-likeness (QED) is 0.795. The SMILES string of the molecule is CCc1c(C#N)c(Cl)cc(OC)c1OC. The van der Waals surface area contributed by atoms with Crippen molar-refractivity contribution < 1.29 is 9.47 Å². The van der Waals surface area contributed by atoms with E-state index >= 15 is 0 Å². The average Bonchev–Trinajstić information content (AvgIpc) is 2.27. The Bertz CT molecular complexity index is 410. The lowest BCUT2D eigenvalue weighted by Gasteiger charge is -2.14. The Balaban J connectivity index is 3.53. The molecule has 0 radical (unpaired) electrons. The molecule has 0 aliphatic carbocycles. The zero-order valence-electron chi connectivity index (χ0n) is 8.93. The number of hydrogen-bond donors (Lipinski definition) is 0. The first-order chi connectivity index (χ1) is 7.19. The van der Waals surface area contributed by atoms with E-state index < -0.39 is 0 Å². The van der Waals surface area contributed by atoms with Crippen LogP contribution in [0.25, 0.3) is 0 Å².